The number of rotatable bonds is 4. The lowest BCUT2D eigenvalue weighted by Crippen LogP contribution is -2.48. The summed E-state index contributed by atoms with van der Waals surface area (Å²) < 4.78 is 2.63. The van der Waals surface area contributed by atoms with Gasteiger partial charge in [0.1, 0.15) is 6.54 Å². The van der Waals surface area contributed by atoms with Crippen LogP contribution in [0.3, 0.4) is 0 Å². The number of nitrogens with zero attached hydrogens (tertiary/aromatic N) is 1. The van der Waals surface area contributed by atoms with E-state index >= 15 is 0 Å². The summed E-state index contributed by atoms with van der Waals surface area (Å²) >= 11 is 6.30. The van der Waals surface area contributed by atoms with Crippen molar-refractivity contribution in [2.75, 3.05) is 6.54 Å². The van der Waals surface area contributed by atoms with Crippen LogP contribution in [0.25, 0.3) is 10.2 Å². The second-order valence-electron chi connectivity index (χ2n) is 4.13. The molecule has 6 nitrogen and oxygen atoms in total. The summed E-state index contributed by atoms with van der Waals surface area (Å²) in [6, 6.07) is 7.61. The molecular weight excluding hydrogens is 306 g/mol. The number of thiazole rings is 1. The Kier molecular flexibility index (Phi) is 5.07. The molecule has 0 aliphatic carbocycles. The van der Waals surface area contributed by atoms with Gasteiger partial charge in [0, 0.05) is 6.54 Å². The van der Waals surface area contributed by atoms with E-state index in [1.54, 1.807) is 10.6 Å². The van der Waals surface area contributed by atoms with E-state index in [0.29, 0.717) is 16.5 Å². The summed E-state index contributed by atoms with van der Waals surface area (Å²) in [5.74, 6) is -0.278. The number of carbonyl (C=O) groups is 1. The lowest BCUT2D eigenvalue weighted by molar-refractivity contribution is -0.122. The van der Waals surface area contributed by atoms with Crippen LogP contribution in [-0.2, 0) is 11.3 Å². The zero-order valence-electron chi connectivity index (χ0n) is 11.2. The number of benzene rings is 1. The van der Waals surface area contributed by atoms with E-state index in [0.717, 1.165) is 10.2 Å². The third-order valence-electron chi connectivity index (χ3n) is 2.63. The molecule has 0 radical (unpaired) electrons. The number of para-hydroxylation sites is 1. The molecule has 2 rings (SSSR count). The molecule has 0 unspecified atom stereocenters. The first-order valence-electron chi connectivity index (χ1n) is 6.18. The van der Waals surface area contributed by atoms with Crippen molar-refractivity contribution in [1.29, 1.82) is 5.41 Å². The van der Waals surface area contributed by atoms with Gasteiger partial charge >= 0.3 is 0 Å². The van der Waals surface area contributed by atoms with Gasteiger partial charge in [0.05, 0.1) is 10.2 Å². The highest BCUT2D eigenvalue weighted by Crippen LogP contribution is 2.15. The van der Waals surface area contributed by atoms with Crippen molar-refractivity contribution in [2.45, 2.75) is 6.54 Å². The van der Waals surface area contributed by atoms with Crippen LogP contribution in [0.15, 0.2) is 36.9 Å². The van der Waals surface area contributed by atoms with Crippen LogP contribution in [0.4, 0.5) is 0 Å². The van der Waals surface area contributed by atoms with Crippen LogP contribution in [0.5, 0.6) is 0 Å². The predicted molar refractivity (Wildman–Crippen MR) is 87.7 cm³/mol. The molecule has 1 heterocycles. The summed E-state index contributed by atoms with van der Waals surface area (Å²) in [5, 5.41) is 11.1. The standard InChI is InChI=1S/C13H15N5OS2/c1-2-7-15-13(20)17-16-11(19)8-18-9-5-3-4-6-10(9)21-12(18)14/h2-6,14H,1,7-8H2,(H,16,19)(H2,15,17,20). The summed E-state index contributed by atoms with van der Waals surface area (Å²) in [5.41, 5.74) is 5.96. The number of hydrogen-bond donors (Lipinski definition) is 4. The van der Waals surface area contributed by atoms with Gasteiger partial charge in [-0.3, -0.25) is 21.1 Å². The Morgan fingerprint density at radius 3 is 2.95 bits per heavy atom. The summed E-state index contributed by atoms with van der Waals surface area (Å²) in [7, 11) is 0. The Morgan fingerprint density at radius 1 is 1.43 bits per heavy atom. The molecule has 0 bridgehead atoms. The van der Waals surface area contributed by atoms with Gasteiger partial charge in [0.25, 0.3) is 5.91 Å². The topological polar surface area (TPSA) is 81.9 Å². The average molecular weight is 321 g/mol. The molecule has 0 fully saturated rings. The lowest BCUT2D eigenvalue weighted by atomic mass is 10.3. The lowest BCUT2D eigenvalue weighted by Gasteiger charge is -2.11. The minimum Gasteiger partial charge on any atom is -0.358 e. The Bertz CT molecular complexity index is 733. The molecule has 1 aromatic carbocycles. The highest BCUT2D eigenvalue weighted by molar-refractivity contribution is 7.80. The maximum atomic E-state index is 11.9. The summed E-state index contributed by atoms with van der Waals surface area (Å²) in [6.07, 6.45) is 1.66. The van der Waals surface area contributed by atoms with E-state index < -0.39 is 0 Å². The quantitative estimate of drug-likeness (QED) is 0.382. The summed E-state index contributed by atoms with van der Waals surface area (Å²) in [4.78, 5) is 12.2. The van der Waals surface area contributed by atoms with Crippen LogP contribution in [0, 0.1) is 5.41 Å². The first kappa shape index (κ1) is 15.2. The number of hydrazine groups is 1. The van der Waals surface area contributed by atoms with Crippen LogP contribution in [0.1, 0.15) is 0 Å². The number of fused-ring (bicyclic) bond motifs is 1. The minimum absolute atomic E-state index is 0.0555. The van der Waals surface area contributed by atoms with Crippen molar-refractivity contribution in [3.8, 4) is 0 Å². The Morgan fingerprint density at radius 2 is 2.19 bits per heavy atom. The van der Waals surface area contributed by atoms with Gasteiger partial charge in [-0.2, -0.15) is 0 Å². The highest BCUT2D eigenvalue weighted by atomic mass is 32.1. The van der Waals surface area contributed by atoms with Crippen molar-refractivity contribution in [3.63, 3.8) is 0 Å². The number of aromatic nitrogens is 1. The number of nitrogens with one attached hydrogen (secondary N) is 4. The first-order chi connectivity index (χ1) is 10.1. The maximum absolute atomic E-state index is 11.9. The monoisotopic (exact) mass is 321 g/mol. The second-order valence-corrected chi connectivity index (χ2v) is 5.57. The van der Waals surface area contributed by atoms with E-state index in [9.17, 15) is 4.79 Å². The smallest absolute Gasteiger partial charge is 0.258 e. The SMILES string of the molecule is C=CCNC(=S)NNC(=O)Cn1c(=N)sc2ccccc21. The number of carbonyl (C=O) groups excluding carboxylic acids is 1. The van der Waals surface area contributed by atoms with Crippen LogP contribution in [0.2, 0.25) is 0 Å². The molecule has 1 amide bonds. The molecule has 21 heavy (non-hydrogen) atoms. The third kappa shape index (κ3) is 3.89. The molecule has 0 saturated carbocycles. The summed E-state index contributed by atoms with van der Waals surface area (Å²) in [6.45, 7) is 4.13. The molecular formula is C13H15N5OS2. The Hall–Kier alpha value is -2.19. The fourth-order valence-corrected chi connectivity index (χ4v) is 2.76. The van der Waals surface area contributed by atoms with E-state index in [4.69, 9.17) is 17.6 Å². The molecule has 0 saturated heterocycles. The molecule has 0 aliphatic rings. The molecule has 8 heteroatoms. The fourth-order valence-electron chi connectivity index (χ4n) is 1.71. The van der Waals surface area contributed by atoms with E-state index in [1.807, 2.05) is 24.3 Å². The van der Waals surface area contributed by atoms with Crippen molar-refractivity contribution < 1.29 is 4.79 Å². The van der Waals surface area contributed by atoms with Gasteiger partial charge in [-0.15, -0.1) is 6.58 Å². The van der Waals surface area contributed by atoms with E-state index in [-0.39, 0.29) is 12.5 Å². The van der Waals surface area contributed by atoms with Gasteiger partial charge in [-0.1, -0.05) is 29.5 Å². The van der Waals surface area contributed by atoms with Crippen LogP contribution < -0.4 is 21.0 Å². The van der Waals surface area contributed by atoms with Crippen molar-refractivity contribution in [1.82, 2.24) is 20.7 Å². The van der Waals surface area contributed by atoms with E-state index in [1.165, 1.54) is 11.3 Å². The zero-order chi connectivity index (χ0) is 15.2. The molecule has 0 spiro atoms. The molecule has 0 aliphatic heterocycles. The van der Waals surface area contributed by atoms with Crippen molar-refractivity contribution in [3.05, 3.63) is 41.7 Å². The minimum atomic E-state index is -0.278. The number of hydrogen-bond acceptors (Lipinski definition) is 4. The number of amides is 1. The second kappa shape index (κ2) is 7.00. The van der Waals surface area contributed by atoms with Gasteiger partial charge in [0.15, 0.2) is 9.91 Å². The molecule has 2 aromatic rings. The maximum Gasteiger partial charge on any atom is 0.258 e. The predicted octanol–water partition coefficient (Wildman–Crippen LogP) is 0.864. The van der Waals surface area contributed by atoms with E-state index in [2.05, 4.69) is 22.7 Å². The molecule has 110 valence electrons. The van der Waals surface area contributed by atoms with Crippen molar-refractivity contribution >= 4 is 44.8 Å². The molecule has 1 aromatic heterocycles. The Balaban J connectivity index is 1.99. The fraction of sp³-hybridized carbons (Fsp3) is 0.154. The molecule has 4 N–H and O–H groups in total. The largest absolute Gasteiger partial charge is 0.358 e. The van der Waals surface area contributed by atoms with Crippen LogP contribution in [-0.4, -0.2) is 22.1 Å². The van der Waals surface area contributed by atoms with Gasteiger partial charge < -0.3 is 9.88 Å². The number of thiocarbonyl (C=S) groups is 1. The molecule has 0 atom stereocenters. The van der Waals surface area contributed by atoms with Gasteiger partial charge in [-0.25, -0.2) is 0 Å². The zero-order valence-corrected chi connectivity index (χ0v) is 12.8. The third-order valence-corrected chi connectivity index (χ3v) is 3.86. The van der Waals surface area contributed by atoms with Gasteiger partial charge in [-0.05, 0) is 24.4 Å². The highest BCUT2D eigenvalue weighted by Gasteiger charge is 2.09. The average Bonchev–Trinajstić information content (AvgIpc) is 2.79. The van der Waals surface area contributed by atoms with Crippen molar-refractivity contribution in [2.24, 2.45) is 0 Å². The Labute approximate surface area is 131 Å². The van der Waals surface area contributed by atoms with Gasteiger partial charge in [0.2, 0.25) is 0 Å². The van der Waals surface area contributed by atoms with Crippen LogP contribution >= 0.6 is 23.6 Å². The first-order valence-corrected chi connectivity index (χ1v) is 7.41. The normalized spacial score (nSPS) is 10.1.